The van der Waals surface area contributed by atoms with Gasteiger partial charge in [-0.15, -0.1) is 0 Å². The Balaban J connectivity index is 1.98. The van der Waals surface area contributed by atoms with Gasteiger partial charge in [0, 0.05) is 12.6 Å². The summed E-state index contributed by atoms with van der Waals surface area (Å²) in [5, 5.41) is 4.28. The van der Waals surface area contributed by atoms with Crippen molar-refractivity contribution in [2.45, 2.75) is 25.8 Å². The second kappa shape index (κ2) is 6.21. The summed E-state index contributed by atoms with van der Waals surface area (Å²) >= 11 is 17.8. The van der Waals surface area contributed by atoms with Gasteiger partial charge < -0.3 is 10.2 Å². The highest BCUT2D eigenvalue weighted by atomic mass is 35.5. The van der Waals surface area contributed by atoms with Gasteiger partial charge in [0.1, 0.15) is 0 Å². The molecule has 1 aromatic carbocycles. The van der Waals surface area contributed by atoms with Crippen LogP contribution < -0.4 is 5.32 Å². The molecule has 0 spiro atoms. The molecule has 1 saturated carbocycles. The van der Waals surface area contributed by atoms with Crippen molar-refractivity contribution in [3.8, 4) is 0 Å². The fraction of sp³-hybridized carbons (Fsp3) is 0.462. The molecule has 1 aliphatic carbocycles. The Morgan fingerprint density at radius 1 is 1.26 bits per heavy atom. The number of carbonyl (C=O) groups is 1. The van der Waals surface area contributed by atoms with Gasteiger partial charge in [-0.2, -0.15) is 0 Å². The van der Waals surface area contributed by atoms with Gasteiger partial charge in [-0.3, -0.25) is 4.79 Å². The van der Waals surface area contributed by atoms with E-state index in [1.165, 1.54) is 0 Å². The van der Waals surface area contributed by atoms with E-state index in [9.17, 15) is 4.79 Å². The SMILES string of the molecule is CCN(C(=O)CNc1cc(Cl)c(Cl)cc1Cl)C1CC1. The van der Waals surface area contributed by atoms with Gasteiger partial charge in [0.2, 0.25) is 5.91 Å². The molecule has 0 atom stereocenters. The number of amides is 1. The number of hydrogen-bond acceptors (Lipinski definition) is 2. The molecule has 2 rings (SSSR count). The summed E-state index contributed by atoms with van der Waals surface area (Å²) in [6, 6.07) is 3.62. The average Bonchev–Trinajstić information content (AvgIpc) is 3.17. The minimum absolute atomic E-state index is 0.0761. The van der Waals surface area contributed by atoms with E-state index in [2.05, 4.69) is 5.32 Å². The Labute approximate surface area is 127 Å². The first-order chi connectivity index (χ1) is 9.02. The van der Waals surface area contributed by atoms with Crippen LogP contribution in [0.4, 0.5) is 5.69 Å². The molecule has 19 heavy (non-hydrogen) atoms. The zero-order valence-electron chi connectivity index (χ0n) is 10.5. The molecule has 0 saturated heterocycles. The lowest BCUT2D eigenvalue weighted by Crippen LogP contribution is -2.37. The number of carbonyl (C=O) groups excluding carboxylic acids is 1. The van der Waals surface area contributed by atoms with Crippen molar-refractivity contribution < 1.29 is 4.79 Å². The average molecular weight is 322 g/mol. The Kier molecular flexibility index (Phi) is 4.82. The Morgan fingerprint density at radius 3 is 2.47 bits per heavy atom. The number of anilines is 1. The van der Waals surface area contributed by atoms with Crippen LogP contribution in [-0.4, -0.2) is 29.9 Å². The largest absolute Gasteiger partial charge is 0.375 e. The van der Waals surface area contributed by atoms with Gasteiger partial charge in [-0.1, -0.05) is 34.8 Å². The van der Waals surface area contributed by atoms with E-state index in [1.54, 1.807) is 12.1 Å². The smallest absolute Gasteiger partial charge is 0.242 e. The Morgan fingerprint density at radius 2 is 1.89 bits per heavy atom. The Hall–Kier alpha value is -0.640. The first kappa shape index (κ1) is 14.8. The van der Waals surface area contributed by atoms with Crippen LogP contribution in [-0.2, 0) is 4.79 Å². The standard InChI is InChI=1S/C13H15Cl3N2O/c1-2-18(8-3-4-8)13(19)7-17-12-6-10(15)9(14)5-11(12)16/h5-6,8,17H,2-4,7H2,1H3. The van der Waals surface area contributed by atoms with Crippen molar-refractivity contribution in [1.82, 2.24) is 4.90 Å². The molecule has 0 bridgehead atoms. The van der Waals surface area contributed by atoms with Gasteiger partial charge in [0.25, 0.3) is 0 Å². The lowest BCUT2D eigenvalue weighted by Gasteiger charge is -2.21. The fourth-order valence-electron chi connectivity index (χ4n) is 1.95. The predicted molar refractivity (Wildman–Crippen MR) is 80.4 cm³/mol. The lowest BCUT2D eigenvalue weighted by molar-refractivity contribution is -0.129. The van der Waals surface area contributed by atoms with E-state index in [0.717, 1.165) is 19.4 Å². The highest BCUT2D eigenvalue weighted by molar-refractivity contribution is 6.44. The molecule has 3 nitrogen and oxygen atoms in total. The molecule has 1 fully saturated rings. The maximum Gasteiger partial charge on any atom is 0.242 e. The molecule has 1 N–H and O–H groups in total. The number of likely N-dealkylation sites (N-methyl/N-ethyl adjacent to an activating group) is 1. The van der Waals surface area contributed by atoms with E-state index in [-0.39, 0.29) is 12.5 Å². The lowest BCUT2D eigenvalue weighted by atomic mass is 10.3. The molecule has 0 heterocycles. The summed E-state index contributed by atoms with van der Waals surface area (Å²) in [5.74, 6) is 0.0761. The van der Waals surface area contributed by atoms with Crippen LogP contribution in [0.3, 0.4) is 0 Å². The van der Waals surface area contributed by atoms with Crippen LogP contribution in [0.5, 0.6) is 0 Å². The third-order valence-corrected chi connectivity index (χ3v) is 4.12. The molecule has 1 aromatic rings. The number of nitrogens with one attached hydrogen (secondary N) is 1. The highest BCUT2D eigenvalue weighted by Gasteiger charge is 2.30. The summed E-state index contributed by atoms with van der Waals surface area (Å²) in [6.45, 7) is 2.94. The van der Waals surface area contributed by atoms with E-state index >= 15 is 0 Å². The summed E-state index contributed by atoms with van der Waals surface area (Å²) in [4.78, 5) is 13.9. The number of hydrogen-bond donors (Lipinski definition) is 1. The molecule has 1 aliphatic rings. The molecular weight excluding hydrogens is 307 g/mol. The van der Waals surface area contributed by atoms with Crippen LogP contribution in [0.2, 0.25) is 15.1 Å². The normalized spacial score (nSPS) is 14.3. The third kappa shape index (κ3) is 3.68. The molecule has 1 amide bonds. The first-order valence-corrected chi connectivity index (χ1v) is 7.34. The van der Waals surface area contributed by atoms with Crippen LogP contribution in [0.15, 0.2) is 12.1 Å². The van der Waals surface area contributed by atoms with Crippen molar-refractivity contribution in [3.63, 3.8) is 0 Å². The van der Waals surface area contributed by atoms with E-state index < -0.39 is 0 Å². The minimum atomic E-state index is 0.0761. The van der Waals surface area contributed by atoms with Gasteiger partial charge in [-0.05, 0) is 31.9 Å². The van der Waals surface area contributed by atoms with Crippen molar-refractivity contribution in [3.05, 3.63) is 27.2 Å². The number of halogens is 3. The van der Waals surface area contributed by atoms with Gasteiger partial charge in [0.05, 0.1) is 27.3 Å². The van der Waals surface area contributed by atoms with Crippen LogP contribution in [0.1, 0.15) is 19.8 Å². The van der Waals surface area contributed by atoms with Crippen molar-refractivity contribution in [1.29, 1.82) is 0 Å². The summed E-state index contributed by atoms with van der Waals surface area (Å²) in [7, 11) is 0. The topological polar surface area (TPSA) is 32.3 Å². The molecule has 6 heteroatoms. The maximum absolute atomic E-state index is 12.1. The zero-order chi connectivity index (χ0) is 14.0. The monoisotopic (exact) mass is 320 g/mol. The van der Waals surface area contributed by atoms with Crippen LogP contribution in [0.25, 0.3) is 0 Å². The van der Waals surface area contributed by atoms with E-state index in [4.69, 9.17) is 34.8 Å². The van der Waals surface area contributed by atoms with Crippen molar-refractivity contribution in [2.75, 3.05) is 18.4 Å². The van der Waals surface area contributed by atoms with Crippen LogP contribution >= 0.6 is 34.8 Å². The molecular formula is C13H15Cl3N2O. The molecule has 0 unspecified atom stereocenters. The van der Waals surface area contributed by atoms with E-state index in [1.807, 2.05) is 11.8 Å². The fourth-order valence-corrected chi connectivity index (χ4v) is 2.57. The third-order valence-electron chi connectivity index (χ3n) is 3.09. The quantitative estimate of drug-likeness (QED) is 0.829. The summed E-state index contributed by atoms with van der Waals surface area (Å²) < 4.78 is 0. The van der Waals surface area contributed by atoms with Gasteiger partial charge >= 0.3 is 0 Å². The van der Waals surface area contributed by atoms with Gasteiger partial charge in [0.15, 0.2) is 0 Å². The molecule has 0 aliphatic heterocycles. The molecule has 0 radical (unpaired) electrons. The second-order valence-corrected chi connectivity index (χ2v) is 5.73. The second-order valence-electron chi connectivity index (χ2n) is 4.51. The number of benzene rings is 1. The first-order valence-electron chi connectivity index (χ1n) is 6.20. The Bertz CT molecular complexity index is 489. The number of nitrogens with zero attached hydrogens (tertiary/aromatic N) is 1. The number of rotatable bonds is 5. The summed E-state index contributed by atoms with van der Waals surface area (Å²) in [5.41, 5.74) is 0.622. The van der Waals surface area contributed by atoms with E-state index in [0.29, 0.717) is 26.8 Å². The maximum atomic E-state index is 12.1. The highest BCUT2D eigenvalue weighted by Crippen LogP contribution is 2.32. The summed E-state index contributed by atoms with van der Waals surface area (Å²) in [6.07, 6.45) is 2.21. The van der Waals surface area contributed by atoms with Gasteiger partial charge in [-0.25, -0.2) is 0 Å². The molecule has 104 valence electrons. The van der Waals surface area contributed by atoms with Crippen LogP contribution in [0, 0.1) is 0 Å². The zero-order valence-corrected chi connectivity index (χ0v) is 12.8. The van der Waals surface area contributed by atoms with Crippen molar-refractivity contribution >= 4 is 46.4 Å². The minimum Gasteiger partial charge on any atom is -0.375 e. The molecule has 0 aromatic heterocycles. The predicted octanol–water partition coefficient (Wildman–Crippen LogP) is 4.07. The van der Waals surface area contributed by atoms with Crippen molar-refractivity contribution in [2.24, 2.45) is 0 Å².